The Hall–Kier alpha value is -1.65. The van der Waals surface area contributed by atoms with Gasteiger partial charge in [0.25, 0.3) is 0 Å². The van der Waals surface area contributed by atoms with E-state index in [9.17, 15) is 4.79 Å². The first-order valence-electron chi connectivity index (χ1n) is 8.26. The summed E-state index contributed by atoms with van der Waals surface area (Å²) in [5.74, 6) is 0.393. The van der Waals surface area contributed by atoms with E-state index in [1.54, 1.807) is 0 Å². The van der Waals surface area contributed by atoms with Crippen molar-refractivity contribution in [2.24, 2.45) is 11.7 Å². The lowest BCUT2D eigenvalue weighted by Crippen LogP contribution is -2.33. The largest absolute Gasteiger partial charge is 0.366 e. The molecule has 1 aliphatic rings. The lowest BCUT2D eigenvalue weighted by Gasteiger charge is -2.31. The highest BCUT2D eigenvalue weighted by Crippen LogP contribution is 2.24. The van der Waals surface area contributed by atoms with Crippen LogP contribution in [-0.2, 0) is 13.0 Å². The second-order valence-electron chi connectivity index (χ2n) is 6.50. The molecule has 1 fully saturated rings. The van der Waals surface area contributed by atoms with E-state index in [2.05, 4.69) is 24.0 Å². The van der Waals surface area contributed by atoms with Crippen molar-refractivity contribution in [3.05, 3.63) is 57.3 Å². The Labute approximate surface area is 142 Å². The van der Waals surface area contributed by atoms with Gasteiger partial charge in [-0.25, -0.2) is 0 Å². The molecule has 2 N–H and O–H groups in total. The van der Waals surface area contributed by atoms with E-state index in [-0.39, 0.29) is 5.91 Å². The molecule has 2 aromatic rings. The number of rotatable bonds is 5. The summed E-state index contributed by atoms with van der Waals surface area (Å²) < 4.78 is 0. The van der Waals surface area contributed by atoms with Crippen molar-refractivity contribution >= 4 is 17.2 Å². The van der Waals surface area contributed by atoms with E-state index >= 15 is 0 Å². The third-order valence-electron chi connectivity index (χ3n) is 4.65. The predicted octanol–water partition coefficient (Wildman–Crippen LogP) is 3.61. The van der Waals surface area contributed by atoms with E-state index in [0.717, 1.165) is 18.9 Å². The van der Waals surface area contributed by atoms with Crippen molar-refractivity contribution in [3.63, 3.8) is 0 Å². The van der Waals surface area contributed by atoms with E-state index in [0.29, 0.717) is 5.56 Å². The second kappa shape index (κ2) is 7.28. The highest BCUT2D eigenvalue weighted by molar-refractivity contribution is 7.11. The minimum atomic E-state index is -0.353. The van der Waals surface area contributed by atoms with Crippen LogP contribution in [0.1, 0.15) is 38.5 Å². The van der Waals surface area contributed by atoms with Gasteiger partial charge in [0.05, 0.1) is 0 Å². The second-order valence-corrected chi connectivity index (χ2v) is 7.87. The quantitative estimate of drug-likeness (QED) is 0.911. The lowest BCUT2D eigenvalue weighted by atomic mass is 9.90. The summed E-state index contributed by atoms with van der Waals surface area (Å²) in [7, 11) is 0. The Morgan fingerprint density at radius 1 is 1.17 bits per heavy atom. The van der Waals surface area contributed by atoms with Gasteiger partial charge in [0.2, 0.25) is 5.91 Å². The maximum absolute atomic E-state index is 11.1. The molecule has 122 valence electrons. The Bertz CT molecular complexity index is 654. The Morgan fingerprint density at radius 2 is 1.87 bits per heavy atom. The normalized spacial score (nSPS) is 16.6. The van der Waals surface area contributed by atoms with Crippen LogP contribution < -0.4 is 5.73 Å². The number of likely N-dealkylation sites (tertiary alicyclic amines) is 1. The number of hydrogen-bond acceptors (Lipinski definition) is 3. The molecule has 1 saturated heterocycles. The lowest BCUT2D eigenvalue weighted by molar-refractivity contribution is 0.100. The van der Waals surface area contributed by atoms with Gasteiger partial charge in [-0.3, -0.25) is 9.69 Å². The summed E-state index contributed by atoms with van der Waals surface area (Å²) in [5, 5.41) is 0. The van der Waals surface area contributed by atoms with Crippen molar-refractivity contribution in [1.29, 1.82) is 0 Å². The molecule has 3 rings (SSSR count). The molecule has 0 bridgehead atoms. The fourth-order valence-electron chi connectivity index (χ4n) is 3.28. The van der Waals surface area contributed by atoms with Crippen molar-refractivity contribution in [2.45, 2.75) is 32.7 Å². The maximum atomic E-state index is 11.1. The fourth-order valence-corrected chi connectivity index (χ4v) is 4.21. The van der Waals surface area contributed by atoms with Gasteiger partial charge in [-0.1, -0.05) is 12.1 Å². The summed E-state index contributed by atoms with van der Waals surface area (Å²) in [6, 6.07) is 12.2. The molecule has 0 radical (unpaired) electrons. The van der Waals surface area contributed by atoms with Crippen LogP contribution in [0.4, 0.5) is 0 Å². The van der Waals surface area contributed by atoms with E-state index in [1.807, 2.05) is 35.6 Å². The molecule has 1 aliphatic heterocycles. The summed E-state index contributed by atoms with van der Waals surface area (Å²) in [6.45, 7) is 5.63. The Balaban J connectivity index is 1.48. The summed E-state index contributed by atoms with van der Waals surface area (Å²) in [4.78, 5) is 16.5. The molecule has 0 atom stereocenters. The summed E-state index contributed by atoms with van der Waals surface area (Å²) >= 11 is 1.91. The van der Waals surface area contributed by atoms with Gasteiger partial charge >= 0.3 is 0 Å². The van der Waals surface area contributed by atoms with Crippen molar-refractivity contribution in [3.8, 4) is 0 Å². The van der Waals surface area contributed by atoms with Crippen LogP contribution in [0.2, 0.25) is 0 Å². The maximum Gasteiger partial charge on any atom is 0.248 e. The molecule has 1 aromatic carbocycles. The third kappa shape index (κ3) is 4.43. The van der Waals surface area contributed by atoms with Crippen molar-refractivity contribution in [1.82, 2.24) is 4.90 Å². The Kier molecular flexibility index (Phi) is 5.13. The number of carbonyl (C=O) groups excluding carboxylic acids is 1. The number of carbonyl (C=O) groups is 1. The SMILES string of the molecule is Cc1ccc(CN2CCC(Cc3ccc(C(N)=O)cc3)CC2)s1. The zero-order valence-corrected chi connectivity index (χ0v) is 14.4. The zero-order chi connectivity index (χ0) is 16.2. The fraction of sp³-hybridized carbons (Fsp3) is 0.421. The molecule has 4 heteroatoms. The van der Waals surface area contributed by atoms with Gasteiger partial charge in [-0.2, -0.15) is 0 Å². The van der Waals surface area contributed by atoms with E-state index in [1.165, 1.54) is 41.2 Å². The number of primary amides is 1. The minimum Gasteiger partial charge on any atom is -0.366 e. The number of benzene rings is 1. The average Bonchev–Trinajstić information content (AvgIpc) is 2.95. The van der Waals surface area contributed by atoms with Crippen LogP contribution in [0.15, 0.2) is 36.4 Å². The molecule has 1 aromatic heterocycles. The number of thiophene rings is 1. The molecule has 0 unspecified atom stereocenters. The molecule has 1 amide bonds. The highest BCUT2D eigenvalue weighted by atomic mass is 32.1. The molecular weight excluding hydrogens is 304 g/mol. The van der Waals surface area contributed by atoms with Crippen LogP contribution in [-0.4, -0.2) is 23.9 Å². The Morgan fingerprint density at radius 3 is 2.43 bits per heavy atom. The molecule has 3 nitrogen and oxygen atoms in total. The van der Waals surface area contributed by atoms with Crippen molar-refractivity contribution in [2.75, 3.05) is 13.1 Å². The van der Waals surface area contributed by atoms with Crippen LogP contribution in [0.3, 0.4) is 0 Å². The van der Waals surface area contributed by atoms with Crippen LogP contribution in [0.5, 0.6) is 0 Å². The molecule has 2 heterocycles. The van der Waals surface area contributed by atoms with Crippen LogP contribution in [0, 0.1) is 12.8 Å². The highest BCUT2D eigenvalue weighted by Gasteiger charge is 2.20. The van der Waals surface area contributed by atoms with Gasteiger partial charge in [-0.05, 0) is 75.0 Å². The van der Waals surface area contributed by atoms with E-state index in [4.69, 9.17) is 5.73 Å². The predicted molar refractivity (Wildman–Crippen MR) is 95.7 cm³/mol. The first-order chi connectivity index (χ1) is 11.1. The van der Waals surface area contributed by atoms with E-state index < -0.39 is 0 Å². The van der Waals surface area contributed by atoms with Gasteiger partial charge in [0.1, 0.15) is 0 Å². The standard InChI is InChI=1S/C19H24N2OS/c1-14-2-7-18(23-14)13-21-10-8-16(9-11-21)12-15-3-5-17(6-4-15)19(20)22/h2-7,16H,8-13H2,1H3,(H2,20,22). The van der Waals surface area contributed by atoms with Gasteiger partial charge < -0.3 is 5.73 Å². The average molecular weight is 328 g/mol. The molecule has 0 spiro atoms. The van der Waals surface area contributed by atoms with Gasteiger partial charge in [0, 0.05) is 21.9 Å². The number of hydrogen-bond donors (Lipinski definition) is 1. The first kappa shape index (κ1) is 16.2. The first-order valence-corrected chi connectivity index (χ1v) is 9.08. The zero-order valence-electron chi connectivity index (χ0n) is 13.6. The minimum absolute atomic E-state index is 0.353. The van der Waals surface area contributed by atoms with Crippen LogP contribution in [0.25, 0.3) is 0 Å². The van der Waals surface area contributed by atoms with Crippen LogP contribution >= 0.6 is 11.3 Å². The molecule has 0 aliphatic carbocycles. The third-order valence-corrected chi connectivity index (χ3v) is 5.63. The summed E-state index contributed by atoms with van der Waals surface area (Å²) in [6.07, 6.45) is 3.61. The monoisotopic (exact) mass is 328 g/mol. The molecule has 0 saturated carbocycles. The smallest absolute Gasteiger partial charge is 0.248 e. The number of amides is 1. The molecule has 23 heavy (non-hydrogen) atoms. The number of piperidine rings is 1. The summed E-state index contributed by atoms with van der Waals surface area (Å²) in [5.41, 5.74) is 7.18. The van der Waals surface area contributed by atoms with Crippen molar-refractivity contribution < 1.29 is 4.79 Å². The topological polar surface area (TPSA) is 46.3 Å². The number of nitrogens with zero attached hydrogens (tertiary/aromatic N) is 1. The molecular formula is C19H24N2OS. The number of nitrogens with two attached hydrogens (primary N) is 1. The number of aryl methyl sites for hydroxylation is 1. The van der Waals surface area contributed by atoms with Gasteiger partial charge in [-0.15, -0.1) is 11.3 Å². The van der Waals surface area contributed by atoms with Gasteiger partial charge in [0.15, 0.2) is 0 Å².